The normalized spacial score (nSPS) is 18.6. The summed E-state index contributed by atoms with van der Waals surface area (Å²) >= 11 is 0. The van der Waals surface area contributed by atoms with E-state index in [0.717, 1.165) is 5.56 Å². The van der Waals surface area contributed by atoms with E-state index in [1.54, 1.807) is 23.1 Å². The fourth-order valence-corrected chi connectivity index (χ4v) is 4.99. The molecule has 3 aliphatic rings. The molecule has 9 nitrogen and oxygen atoms in total. The molecule has 0 radical (unpaired) electrons. The van der Waals surface area contributed by atoms with E-state index < -0.39 is 6.04 Å². The molecule has 2 fully saturated rings. The zero-order chi connectivity index (χ0) is 24.9. The van der Waals surface area contributed by atoms with E-state index in [1.165, 1.54) is 0 Å². The maximum atomic E-state index is 13.5. The van der Waals surface area contributed by atoms with E-state index in [0.29, 0.717) is 75.7 Å². The van der Waals surface area contributed by atoms with Gasteiger partial charge in [0.2, 0.25) is 18.6 Å². The molecule has 0 aliphatic carbocycles. The van der Waals surface area contributed by atoms with Gasteiger partial charge in [-0.15, -0.1) is 0 Å². The number of fused-ring (bicyclic) bond motifs is 1. The van der Waals surface area contributed by atoms with Crippen LogP contribution in [0.25, 0.3) is 0 Å². The van der Waals surface area contributed by atoms with E-state index in [4.69, 9.17) is 14.2 Å². The number of piperidine rings is 1. The standard InChI is InChI=1S/C27H31N3O6/c31-24(16-19-4-2-1-3-5-19)29-10-8-20(9-11-29)25(27(33)30-12-14-34-15-13-30)28-26(32)21-6-7-22-23(17-21)36-18-35-22/h1-7,17,20,25H,8-16,18H2,(H,28,32). The third-order valence-corrected chi connectivity index (χ3v) is 7.07. The predicted octanol–water partition coefficient (Wildman–Crippen LogP) is 1.85. The van der Waals surface area contributed by atoms with Crippen molar-refractivity contribution >= 4 is 17.7 Å². The Morgan fingerprint density at radius 3 is 2.36 bits per heavy atom. The number of nitrogens with zero attached hydrogens (tertiary/aromatic N) is 2. The van der Waals surface area contributed by atoms with Crippen LogP contribution in [0.5, 0.6) is 11.5 Å². The van der Waals surface area contributed by atoms with Crippen molar-refractivity contribution in [2.75, 3.05) is 46.2 Å². The first-order valence-corrected chi connectivity index (χ1v) is 12.5. The van der Waals surface area contributed by atoms with Crippen LogP contribution >= 0.6 is 0 Å². The van der Waals surface area contributed by atoms with Crippen LogP contribution in [0.1, 0.15) is 28.8 Å². The molecule has 0 saturated carbocycles. The molecule has 1 unspecified atom stereocenters. The first kappa shape index (κ1) is 24.1. The van der Waals surface area contributed by atoms with E-state index in [1.807, 2.05) is 35.2 Å². The van der Waals surface area contributed by atoms with Gasteiger partial charge in [0.05, 0.1) is 19.6 Å². The monoisotopic (exact) mass is 493 g/mol. The Bertz CT molecular complexity index is 1090. The highest BCUT2D eigenvalue weighted by Crippen LogP contribution is 2.32. The Kier molecular flexibility index (Phi) is 7.36. The van der Waals surface area contributed by atoms with E-state index in [-0.39, 0.29) is 30.4 Å². The summed E-state index contributed by atoms with van der Waals surface area (Å²) in [4.78, 5) is 43.2. The largest absolute Gasteiger partial charge is 0.454 e. The average Bonchev–Trinajstić information content (AvgIpc) is 3.40. The SMILES string of the molecule is O=C(NC(C(=O)N1CCOCC1)C1CCN(C(=O)Cc2ccccc2)CC1)c1ccc2c(c1)OCO2. The number of nitrogens with one attached hydrogen (secondary N) is 1. The van der Waals surface area contributed by atoms with Crippen LogP contribution in [0.3, 0.4) is 0 Å². The highest BCUT2D eigenvalue weighted by atomic mass is 16.7. The van der Waals surface area contributed by atoms with Gasteiger partial charge in [0.1, 0.15) is 6.04 Å². The minimum atomic E-state index is -0.674. The zero-order valence-corrected chi connectivity index (χ0v) is 20.2. The molecule has 2 aromatic rings. The first-order chi connectivity index (χ1) is 17.6. The minimum Gasteiger partial charge on any atom is -0.454 e. The number of carbonyl (C=O) groups is 3. The second-order valence-electron chi connectivity index (χ2n) is 9.34. The van der Waals surface area contributed by atoms with Crippen LogP contribution in [0, 0.1) is 5.92 Å². The molecule has 1 atom stereocenters. The first-order valence-electron chi connectivity index (χ1n) is 12.5. The fraction of sp³-hybridized carbons (Fsp3) is 0.444. The highest BCUT2D eigenvalue weighted by Gasteiger charge is 2.36. The lowest BCUT2D eigenvalue weighted by molar-refractivity contribution is -0.139. The Balaban J connectivity index is 1.26. The molecule has 9 heteroatoms. The average molecular weight is 494 g/mol. The van der Waals surface area contributed by atoms with Gasteiger partial charge in [0.15, 0.2) is 11.5 Å². The van der Waals surface area contributed by atoms with Crippen molar-refractivity contribution in [3.63, 3.8) is 0 Å². The van der Waals surface area contributed by atoms with Crippen LogP contribution in [-0.2, 0) is 20.7 Å². The Labute approximate surface area is 210 Å². The van der Waals surface area contributed by atoms with E-state index in [9.17, 15) is 14.4 Å². The quantitative estimate of drug-likeness (QED) is 0.660. The molecule has 0 spiro atoms. The van der Waals surface area contributed by atoms with E-state index >= 15 is 0 Å². The maximum absolute atomic E-state index is 13.5. The number of likely N-dealkylation sites (tertiary alicyclic amines) is 1. The summed E-state index contributed by atoms with van der Waals surface area (Å²) in [5.74, 6) is 0.701. The van der Waals surface area contributed by atoms with Crippen LogP contribution < -0.4 is 14.8 Å². The number of benzene rings is 2. The number of morpholine rings is 1. The van der Waals surface area contributed by atoms with Gasteiger partial charge < -0.3 is 29.3 Å². The summed E-state index contributed by atoms with van der Waals surface area (Å²) in [6, 6.07) is 14.0. The molecule has 0 aromatic heterocycles. The lowest BCUT2D eigenvalue weighted by Crippen LogP contribution is -2.56. The molecule has 0 bridgehead atoms. The summed E-state index contributed by atoms with van der Waals surface area (Å²) in [6.45, 7) is 3.22. The molecule has 5 rings (SSSR count). The van der Waals surface area contributed by atoms with Gasteiger partial charge in [0, 0.05) is 31.7 Å². The molecule has 190 valence electrons. The second kappa shape index (κ2) is 11.0. The summed E-state index contributed by atoms with van der Waals surface area (Å²) in [5.41, 5.74) is 1.40. The van der Waals surface area contributed by atoms with Gasteiger partial charge in [-0.3, -0.25) is 14.4 Å². The van der Waals surface area contributed by atoms with Gasteiger partial charge in [-0.25, -0.2) is 0 Å². The topological polar surface area (TPSA) is 97.4 Å². The molecule has 3 aliphatic heterocycles. The second-order valence-corrected chi connectivity index (χ2v) is 9.34. The lowest BCUT2D eigenvalue weighted by atomic mass is 9.87. The lowest BCUT2D eigenvalue weighted by Gasteiger charge is -2.38. The molecular formula is C27H31N3O6. The van der Waals surface area contributed by atoms with Crippen molar-refractivity contribution < 1.29 is 28.6 Å². The third-order valence-electron chi connectivity index (χ3n) is 7.07. The van der Waals surface area contributed by atoms with Gasteiger partial charge >= 0.3 is 0 Å². The van der Waals surface area contributed by atoms with Crippen molar-refractivity contribution in [2.45, 2.75) is 25.3 Å². The number of rotatable bonds is 6. The Morgan fingerprint density at radius 1 is 0.889 bits per heavy atom. The fourth-order valence-electron chi connectivity index (χ4n) is 4.99. The summed E-state index contributed by atoms with van der Waals surface area (Å²) in [7, 11) is 0. The zero-order valence-electron chi connectivity index (χ0n) is 20.2. The Morgan fingerprint density at radius 2 is 1.61 bits per heavy atom. The molecule has 3 amide bonds. The molecule has 1 N–H and O–H groups in total. The minimum absolute atomic E-state index is 0.0703. The molecule has 3 heterocycles. The van der Waals surface area contributed by atoms with Gasteiger partial charge in [0.25, 0.3) is 5.91 Å². The number of hydrogen-bond donors (Lipinski definition) is 1. The van der Waals surface area contributed by atoms with Crippen LogP contribution in [0.2, 0.25) is 0 Å². The van der Waals surface area contributed by atoms with Crippen LogP contribution in [-0.4, -0.2) is 79.7 Å². The van der Waals surface area contributed by atoms with Crippen LogP contribution in [0.15, 0.2) is 48.5 Å². The van der Waals surface area contributed by atoms with Crippen molar-refractivity contribution in [2.24, 2.45) is 5.92 Å². The third kappa shape index (κ3) is 5.46. The highest BCUT2D eigenvalue weighted by molar-refractivity contribution is 5.98. The number of amides is 3. The molecular weight excluding hydrogens is 462 g/mol. The van der Waals surface area contributed by atoms with Crippen molar-refractivity contribution in [3.8, 4) is 11.5 Å². The molecule has 2 saturated heterocycles. The predicted molar refractivity (Wildman–Crippen MR) is 131 cm³/mol. The Hall–Kier alpha value is -3.59. The molecule has 36 heavy (non-hydrogen) atoms. The number of carbonyl (C=O) groups excluding carboxylic acids is 3. The van der Waals surface area contributed by atoms with Gasteiger partial charge in [-0.1, -0.05) is 30.3 Å². The smallest absolute Gasteiger partial charge is 0.252 e. The summed E-state index contributed by atoms with van der Waals surface area (Å²) in [5, 5.41) is 3.00. The van der Waals surface area contributed by atoms with Crippen LogP contribution in [0.4, 0.5) is 0 Å². The van der Waals surface area contributed by atoms with Crippen molar-refractivity contribution in [1.82, 2.24) is 15.1 Å². The van der Waals surface area contributed by atoms with Crippen molar-refractivity contribution in [3.05, 3.63) is 59.7 Å². The van der Waals surface area contributed by atoms with Gasteiger partial charge in [-0.2, -0.15) is 0 Å². The summed E-state index contributed by atoms with van der Waals surface area (Å²) < 4.78 is 16.1. The number of hydrogen-bond acceptors (Lipinski definition) is 6. The number of ether oxygens (including phenoxy) is 3. The summed E-state index contributed by atoms with van der Waals surface area (Å²) in [6.07, 6.45) is 1.65. The van der Waals surface area contributed by atoms with Crippen molar-refractivity contribution in [1.29, 1.82) is 0 Å². The maximum Gasteiger partial charge on any atom is 0.252 e. The molecule has 2 aromatic carbocycles. The van der Waals surface area contributed by atoms with E-state index in [2.05, 4.69) is 5.32 Å². The van der Waals surface area contributed by atoms with Gasteiger partial charge in [-0.05, 0) is 42.5 Å².